The van der Waals surface area contributed by atoms with E-state index >= 15 is 0 Å². The van der Waals surface area contributed by atoms with Crippen LogP contribution in [0.5, 0.6) is 0 Å². The van der Waals surface area contributed by atoms with Crippen LogP contribution in [0.4, 0.5) is 13.2 Å². The third kappa shape index (κ3) is 4.10. The number of likely N-dealkylation sites (N-methyl/N-ethyl adjacent to an activating group) is 1. The van der Waals surface area contributed by atoms with Gasteiger partial charge in [0.15, 0.2) is 0 Å². The molecule has 2 fully saturated rings. The summed E-state index contributed by atoms with van der Waals surface area (Å²) in [6.07, 6.45) is 0.462. The van der Waals surface area contributed by atoms with Gasteiger partial charge in [-0.15, -0.1) is 0 Å². The summed E-state index contributed by atoms with van der Waals surface area (Å²) in [6.45, 7) is -0.423. The van der Waals surface area contributed by atoms with Crippen molar-refractivity contribution in [1.82, 2.24) is 10.2 Å². The number of piperidine rings is 1. The highest BCUT2D eigenvalue weighted by Gasteiger charge is 2.35. The summed E-state index contributed by atoms with van der Waals surface area (Å²) >= 11 is 0. The molecule has 0 spiro atoms. The van der Waals surface area contributed by atoms with E-state index in [1.165, 1.54) is 12.8 Å². The molecule has 2 saturated heterocycles. The highest BCUT2D eigenvalue weighted by atomic mass is 19.4. The van der Waals surface area contributed by atoms with Crippen LogP contribution in [0.15, 0.2) is 0 Å². The summed E-state index contributed by atoms with van der Waals surface area (Å²) in [5, 5.41) is 3.56. The van der Waals surface area contributed by atoms with Crippen molar-refractivity contribution < 1.29 is 17.9 Å². The molecule has 106 valence electrons. The van der Waals surface area contributed by atoms with Gasteiger partial charge in [0.25, 0.3) is 0 Å². The van der Waals surface area contributed by atoms with Crippen LogP contribution in [0.3, 0.4) is 0 Å². The highest BCUT2D eigenvalue weighted by Crippen LogP contribution is 2.29. The fraction of sp³-hybridized carbons (Fsp3) is 1.00. The van der Waals surface area contributed by atoms with Crippen molar-refractivity contribution in [3.05, 3.63) is 0 Å². The number of halogens is 3. The van der Waals surface area contributed by atoms with E-state index in [4.69, 9.17) is 0 Å². The zero-order chi connectivity index (χ0) is 13.2. The van der Waals surface area contributed by atoms with Gasteiger partial charge >= 0.3 is 6.18 Å². The highest BCUT2D eigenvalue weighted by molar-refractivity contribution is 4.95. The van der Waals surface area contributed by atoms with Crippen LogP contribution in [0.25, 0.3) is 0 Å². The van der Waals surface area contributed by atoms with Gasteiger partial charge in [0.05, 0.1) is 6.61 Å². The minimum absolute atomic E-state index is 0.148. The van der Waals surface area contributed by atoms with Crippen LogP contribution < -0.4 is 5.32 Å². The van der Waals surface area contributed by atoms with E-state index in [9.17, 15) is 13.2 Å². The Hall–Kier alpha value is -0.330. The molecule has 0 aromatic carbocycles. The van der Waals surface area contributed by atoms with E-state index in [0.717, 1.165) is 12.8 Å². The Bertz CT molecular complexity index is 261. The summed E-state index contributed by atoms with van der Waals surface area (Å²) in [5.41, 5.74) is 0. The van der Waals surface area contributed by atoms with E-state index in [2.05, 4.69) is 15.0 Å². The molecule has 1 N–H and O–H groups in total. The summed E-state index contributed by atoms with van der Waals surface area (Å²) in [6, 6.07) is 1.69. The largest absolute Gasteiger partial charge is 0.411 e. The quantitative estimate of drug-likeness (QED) is 0.768. The van der Waals surface area contributed by atoms with Gasteiger partial charge in [0.1, 0.15) is 6.61 Å². The normalized spacial score (nSPS) is 32.2. The van der Waals surface area contributed by atoms with Crippen molar-refractivity contribution in [3.63, 3.8) is 0 Å². The number of nitrogens with zero attached hydrogens (tertiary/aromatic N) is 1. The lowest BCUT2D eigenvalue weighted by atomic mass is 9.99. The molecule has 0 radical (unpaired) electrons. The molecule has 6 heteroatoms. The fourth-order valence-corrected chi connectivity index (χ4v) is 2.97. The van der Waals surface area contributed by atoms with E-state index in [1.54, 1.807) is 0 Å². The van der Waals surface area contributed by atoms with E-state index in [1.807, 2.05) is 7.05 Å². The molecule has 2 atom stereocenters. The van der Waals surface area contributed by atoms with Crippen molar-refractivity contribution >= 4 is 0 Å². The summed E-state index contributed by atoms with van der Waals surface area (Å²) in [5.74, 6) is 0. The first-order valence-corrected chi connectivity index (χ1v) is 6.55. The third-order valence-electron chi connectivity index (χ3n) is 3.93. The maximum Gasteiger partial charge on any atom is 0.411 e. The topological polar surface area (TPSA) is 24.5 Å². The van der Waals surface area contributed by atoms with Gasteiger partial charge < -0.3 is 15.0 Å². The minimum atomic E-state index is -4.22. The molecule has 0 aromatic heterocycles. The lowest BCUT2D eigenvalue weighted by molar-refractivity contribution is -0.174. The molecule has 0 aromatic rings. The molecule has 0 saturated carbocycles. The zero-order valence-electron chi connectivity index (χ0n) is 10.7. The van der Waals surface area contributed by atoms with Gasteiger partial charge in [-0.05, 0) is 32.7 Å². The molecular weight excluding hydrogens is 245 g/mol. The van der Waals surface area contributed by atoms with Crippen LogP contribution in [0.2, 0.25) is 0 Å². The second-order valence-electron chi connectivity index (χ2n) is 5.41. The maximum absolute atomic E-state index is 11.9. The number of hydrogen-bond acceptors (Lipinski definition) is 3. The summed E-state index contributed by atoms with van der Waals surface area (Å²) in [7, 11) is 1.98. The predicted molar refractivity (Wildman–Crippen MR) is 62.5 cm³/mol. The lowest BCUT2D eigenvalue weighted by Gasteiger charge is -2.35. The second kappa shape index (κ2) is 5.75. The smallest absolute Gasteiger partial charge is 0.371 e. The van der Waals surface area contributed by atoms with Crippen LogP contribution in [0, 0.1) is 0 Å². The number of alkyl halides is 3. The van der Waals surface area contributed by atoms with Gasteiger partial charge in [-0.25, -0.2) is 0 Å². The number of hydrogen-bond donors (Lipinski definition) is 1. The van der Waals surface area contributed by atoms with Crippen molar-refractivity contribution in [2.75, 3.05) is 26.8 Å². The van der Waals surface area contributed by atoms with Crippen LogP contribution in [-0.2, 0) is 4.74 Å². The Morgan fingerprint density at radius 3 is 2.39 bits per heavy atom. The first-order valence-electron chi connectivity index (χ1n) is 6.55. The number of fused-ring (bicyclic) bond motifs is 2. The number of ether oxygens (including phenoxy) is 1. The van der Waals surface area contributed by atoms with Crippen molar-refractivity contribution in [3.8, 4) is 0 Å². The van der Waals surface area contributed by atoms with Crippen molar-refractivity contribution in [2.45, 2.75) is 50.0 Å². The molecule has 3 nitrogen and oxygen atoms in total. The molecular formula is C12H21F3N2O. The molecule has 2 unspecified atom stereocenters. The SMILES string of the molecule is CN(CCOCC(F)(F)F)C1CC2CCC(C1)N2. The molecule has 2 rings (SSSR count). The monoisotopic (exact) mass is 266 g/mol. The average molecular weight is 266 g/mol. The average Bonchev–Trinajstić information content (AvgIpc) is 2.62. The first-order chi connectivity index (χ1) is 8.44. The van der Waals surface area contributed by atoms with Crippen molar-refractivity contribution in [2.24, 2.45) is 0 Å². The van der Waals surface area contributed by atoms with Gasteiger partial charge in [-0.2, -0.15) is 13.2 Å². The van der Waals surface area contributed by atoms with Crippen LogP contribution in [0.1, 0.15) is 25.7 Å². The van der Waals surface area contributed by atoms with Gasteiger partial charge in [0, 0.05) is 24.7 Å². The fourth-order valence-electron chi connectivity index (χ4n) is 2.97. The van der Waals surface area contributed by atoms with E-state index in [0.29, 0.717) is 24.7 Å². The van der Waals surface area contributed by atoms with Gasteiger partial charge in [-0.3, -0.25) is 0 Å². The van der Waals surface area contributed by atoms with Crippen LogP contribution >= 0.6 is 0 Å². The van der Waals surface area contributed by atoms with Gasteiger partial charge in [0.2, 0.25) is 0 Å². The Morgan fingerprint density at radius 1 is 1.22 bits per heavy atom. The van der Waals surface area contributed by atoms with Crippen molar-refractivity contribution in [1.29, 1.82) is 0 Å². The summed E-state index contributed by atoms with van der Waals surface area (Å²) in [4.78, 5) is 2.14. The molecule has 0 amide bonds. The standard InChI is InChI=1S/C12H21F3N2O/c1-17(4-5-18-8-12(13,14)15)11-6-9-2-3-10(7-11)16-9/h9-11,16H,2-8H2,1H3. The molecule has 2 aliphatic heterocycles. The summed E-state index contributed by atoms with van der Waals surface area (Å²) < 4.78 is 40.3. The molecule has 18 heavy (non-hydrogen) atoms. The molecule has 2 bridgehead atoms. The Kier molecular flexibility index (Phi) is 4.50. The zero-order valence-corrected chi connectivity index (χ0v) is 10.7. The van der Waals surface area contributed by atoms with E-state index in [-0.39, 0.29) is 6.61 Å². The third-order valence-corrected chi connectivity index (χ3v) is 3.93. The Labute approximate surface area is 106 Å². The maximum atomic E-state index is 11.9. The lowest BCUT2D eigenvalue weighted by Crippen LogP contribution is -2.47. The molecule has 2 aliphatic rings. The number of rotatable bonds is 5. The first kappa shape index (κ1) is 14.1. The second-order valence-corrected chi connectivity index (χ2v) is 5.41. The minimum Gasteiger partial charge on any atom is -0.371 e. The molecule has 2 heterocycles. The number of nitrogens with one attached hydrogen (secondary N) is 1. The predicted octanol–water partition coefficient (Wildman–Crippen LogP) is 1.78. The van der Waals surface area contributed by atoms with Crippen LogP contribution in [-0.4, -0.2) is 56.0 Å². The Balaban J connectivity index is 1.64. The van der Waals surface area contributed by atoms with Gasteiger partial charge in [-0.1, -0.05) is 0 Å². The Morgan fingerprint density at radius 2 is 1.83 bits per heavy atom. The molecule has 0 aliphatic carbocycles. The van der Waals surface area contributed by atoms with E-state index < -0.39 is 12.8 Å².